The molecule has 0 spiro atoms. The number of anilines is 1. The maximum absolute atomic E-state index is 8.70. The lowest BCUT2D eigenvalue weighted by molar-refractivity contribution is -0.0552. The molecule has 6 rings (SSSR count). The van der Waals surface area contributed by atoms with Crippen LogP contribution >= 0.6 is 0 Å². The van der Waals surface area contributed by atoms with E-state index >= 15 is 0 Å². The van der Waals surface area contributed by atoms with Gasteiger partial charge in [0.2, 0.25) is 0 Å². The smallest absolute Gasteiger partial charge is 0.0432 e. The lowest BCUT2D eigenvalue weighted by Gasteiger charge is -2.57. The van der Waals surface area contributed by atoms with Crippen molar-refractivity contribution in [3.05, 3.63) is 29.8 Å². The number of nitrogens with one attached hydrogen (secondary N) is 2. The maximum Gasteiger partial charge on any atom is 0.0432 e. The third-order valence-electron chi connectivity index (χ3n) is 8.74. The van der Waals surface area contributed by atoms with Crippen LogP contribution in [0.2, 0.25) is 0 Å². The molecule has 0 amide bonds. The molecule has 0 atom stereocenters. The standard InChI is InChI=1S/C27H41N3.C2H6/c28-25(8-6-14-30-12-4-1-5-13-30)24-7-2-3-9-26(24)29-11-10-27-18-21-15-22(19-27)17-23(16-21)20-27;1-2/h2-3,7,9,21-23,28-29H,1,4-6,8,10-20H2;1-2H3. The molecule has 1 saturated heterocycles. The SMILES string of the molecule is CC.N=C(CCCN1CCCCC1)c1ccccc1NCCC12CC3CC(CC(C3)C1)C2. The molecular formula is C29H47N3. The van der Waals surface area contributed by atoms with Gasteiger partial charge in [-0.1, -0.05) is 38.5 Å². The molecule has 5 fully saturated rings. The van der Waals surface area contributed by atoms with E-state index in [0.717, 1.165) is 55.0 Å². The summed E-state index contributed by atoms with van der Waals surface area (Å²) in [5, 5.41) is 12.5. The molecule has 1 aromatic rings. The third-order valence-corrected chi connectivity index (χ3v) is 8.74. The summed E-state index contributed by atoms with van der Waals surface area (Å²) in [6, 6.07) is 8.56. The van der Waals surface area contributed by atoms with Gasteiger partial charge in [0, 0.05) is 23.5 Å². The van der Waals surface area contributed by atoms with Crippen LogP contribution in [0.5, 0.6) is 0 Å². The van der Waals surface area contributed by atoms with Crippen LogP contribution in [0, 0.1) is 28.6 Å². The minimum atomic E-state index is 0.638. The molecule has 4 aliphatic carbocycles. The average Bonchev–Trinajstić information content (AvgIpc) is 2.80. The Morgan fingerprint density at radius 1 is 0.969 bits per heavy atom. The van der Waals surface area contributed by atoms with Gasteiger partial charge >= 0.3 is 0 Å². The molecule has 0 aromatic heterocycles. The second kappa shape index (κ2) is 11.2. The van der Waals surface area contributed by atoms with Gasteiger partial charge in [0.1, 0.15) is 0 Å². The Kier molecular flexibility index (Phi) is 8.32. The number of benzene rings is 1. The molecule has 5 aliphatic rings. The van der Waals surface area contributed by atoms with E-state index in [2.05, 4.69) is 34.5 Å². The van der Waals surface area contributed by atoms with Crippen molar-refractivity contribution in [2.24, 2.45) is 23.2 Å². The highest BCUT2D eigenvalue weighted by Crippen LogP contribution is 2.61. The Morgan fingerprint density at radius 3 is 2.25 bits per heavy atom. The maximum atomic E-state index is 8.70. The van der Waals surface area contributed by atoms with Crippen molar-refractivity contribution in [3.63, 3.8) is 0 Å². The van der Waals surface area contributed by atoms with Crippen LogP contribution < -0.4 is 5.32 Å². The number of likely N-dealkylation sites (tertiary alicyclic amines) is 1. The molecule has 1 aromatic carbocycles. The quantitative estimate of drug-likeness (QED) is 0.396. The van der Waals surface area contributed by atoms with Gasteiger partial charge in [0.15, 0.2) is 0 Å². The second-order valence-electron chi connectivity index (χ2n) is 11.1. The van der Waals surface area contributed by atoms with E-state index in [4.69, 9.17) is 5.41 Å². The summed E-state index contributed by atoms with van der Waals surface area (Å²) in [6.45, 7) is 8.75. The van der Waals surface area contributed by atoms with Crippen LogP contribution in [0.25, 0.3) is 0 Å². The first-order valence-electron chi connectivity index (χ1n) is 13.8. The average molecular weight is 438 g/mol. The molecule has 4 saturated carbocycles. The molecule has 2 N–H and O–H groups in total. The minimum Gasteiger partial charge on any atom is -0.384 e. The predicted octanol–water partition coefficient (Wildman–Crippen LogP) is 7.37. The van der Waals surface area contributed by atoms with Gasteiger partial charge in [-0.15, -0.1) is 0 Å². The van der Waals surface area contributed by atoms with E-state index in [1.807, 2.05) is 13.8 Å². The van der Waals surface area contributed by atoms with Crippen LogP contribution in [0.3, 0.4) is 0 Å². The highest BCUT2D eigenvalue weighted by atomic mass is 15.1. The Bertz CT molecular complexity index is 698. The van der Waals surface area contributed by atoms with Crippen LogP contribution in [0.1, 0.15) is 96.5 Å². The first-order chi connectivity index (χ1) is 15.7. The topological polar surface area (TPSA) is 39.1 Å². The summed E-state index contributed by atoms with van der Waals surface area (Å²) in [4.78, 5) is 2.59. The molecule has 0 radical (unpaired) electrons. The predicted molar refractivity (Wildman–Crippen MR) is 138 cm³/mol. The zero-order chi connectivity index (χ0) is 22.4. The zero-order valence-corrected chi connectivity index (χ0v) is 20.8. The number of rotatable bonds is 9. The minimum absolute atomic E-state index is 0.638. The van der Waals surface area contributed by atoms with E-state index in [1.54, 1.807) is 0 Å². The molecule has 0 unspecified atom stereocenters. The number of piperidine rings is 1. The molecule has 3 nitrogen and oxygen atoms in total. The first kappa shape index (κ1) is 23.8. The molecule has 3 heteroatoms. The summed E-state index contributed by atoms with van der Waals surface area (Å²) in [7, 11) is 0. The van der Waals surface area contributed by atoms with Crippen molar-refractivity contribution in [3.8, 4) is 0 Å². The van der Waals surface area contributed by atoms with Gasteiger partial charge < -0.3 is 15.6 Å². The van der Waals surface area contributed by atoms with E-state index < -0.39 is 0 Å². The second-order valence-corrected chi connectivity index (χ2v) is 11.1. The highest BCUT2D eigenvalue weighted by Gasteiger charge is 2.50. The summed E-state index contributed by atoms with van der Waals surface area (Å²) < 4.78 is 0. The van der Waals surface area contributed by atoms with Gasteiger partial charge in [-0.05, 0) is 119 Å². The van der Waals surface area contributed by atoms with Gasteiger partial charge in [-0.25, -0.2) is 0 Å². The van der Waals surface area contributed by atoms with Crippen molar-refractivity contribution in [1.82, 2.24) is 4.90 Å². The molecular weight excluding hydrogens is 390 g/mol. The number of para-hydroxylation sites is 1. The van der Waals surface area contributed by atoms with E-state index in [-0.39, 0.29) is 0 Å². The lowest BCUT2D eigenvalue weighted by atomic mass is 9.49. The van der Waals surface area contributed by atoms with E-state index in [9.17, 15) is 0 Å². The van der Waals surface area contributed by atoms with Crippen LogP contribution in [0.4, 0.5) is 5.69 Å². The first-order valence-corrected chi connectivity index (χ1v) is 13.8. The molecule has 1 heterocycles. The van der Waals surface area contributed by atoms with Gasteiger partial charge in [0.25, 0.3) is 0 Å². The lowest BCUT2D eigenvalue weighted by Crippen LogP contribution is -2.46. The Hall–Kier alpha value is -1.35. The van der Waals surface area contributed by atoms with Crippen LogP contribution in [0.15, 0.2) is 24.3 Å². The fourth-order valence-corrected chi connectivity index (χ4v) is 7.76. The summed E-state index contributed by atoms with van der Waals surface area (Å²) in [5.74, 6) is 3.12. The number of nitrogens with zero attached hydrogens (tertiary/aromatic N) is 1. The van der Waals surface area contributed by atoms with E-state index in [0.29, 0.717) is 5.41 Å². The van der Waals surface area contributed by atoms with Crippen molar-refractivity contribution in [2.75, 3.05) is 31.5 Å². The van der Waals surface area contributed by atoms with Gasteiger partial charge in [-0.3, -0.25) is 0 Å². The van der Waals surface area contributed by atoms with Crippen molar-refractivity contribution in [1.29, 1.82) is 5.41 Å². The highest BCUT2D eigenvalue weighted by molar-refractivity contribution is 6.02. The third kappa shape index (κ3) is 5.76. The van der Waals surface area contributed by atoms with Gasteiger partial charge in [-0.2, -0.15) is 0 Å². The van der Waals surface area contributed by atoms with Gasteiger partial charge in [0.05, 0.1) is 0 Å². The normalized spacial score (nSPS) is 31.1. The Labute approximate surface area is 197 Å². The Balaban J connectivity index is 0.00000119. The molecule has 32 heavy (non-hydrogen) atoms. The molecule has 1 aliphatic heterocycles. The largest absolute Gasteiger partial charge is 0.384 e. The fraction of sp³-hybridized carbons (Fsp3) is 0.759. The monoisotopic (exact) mass is 437 g/mol. The summed E-state index contributed by atoms with van der Waals surface area (Å²) in [5.41, 5.74) is 3.76. The Morgan fingerprint density at radius 2 is 1.59 bits per heavy atom. The van der Waals surface area contributed by atoms with Crippen molar-refractivity contribution in [2.45, 2.75) is 90.9 Å². The fourth-order valence-electron chi connectivity index (χ4n) is 7.76. The molecule has 178 valence electrons. The number of hydrogen-bond donors (Lipinski definition) is 2. The zero-order valence-electron chi connectivity index (χ0n) is 20.8. The van der Waals surface area contributed by atoms with Crippen molar-refractivity contribution >= 4 is 11.4 Å². The molecule has 4 bridgehead atoms. The van der Waals surface area contributed by atoms with Crippen LogP contribution in [-0.2, 0) is 0 Å². The van der Waals surface area contributed by atoms with Crippen molar-refractivity contribution < 1.29 is 0 Å². The summed E-state index contributed by atoms with van der Waals surface area (Å²) in [6.07, 6.45) is 16.5. The number of hydrogen-bond acceptors (Lipinski definition) is 3. The van der Waals surface area contributed by atoms with Crippen LogP contribution in [-0.4, -0.2) is 36.8 Å². The summed E-state index contributed by atoms with van der Waals surface area (Å²) >= 11 is 0. The van der Waals surface area contributed by atoms with E-state index in [1.165, 1.54) is 83.0 Å².